The van der Waals surface area contributed by atoms with Crippen LogP contribution in [-0.2, 0) is 33.3 Å². The number of ether oxygens (including phenoxy) is 4. The highest BCUT2D eigenvalue weighted by Crippen LogP contribution is 2.20. The van der Waals surface area contributed by atoms with Crippen LogP contribution in [0.3, 0.4) is 0 Å². The molecule has 0 saturated heterocycles. The van der Waals surface area contributed by atoms with E-state index in [2.05, 4.69) is 86.8 Å². The Morgan fingerprint density at radius 3 is 0.924 bits per heavy atom. The topological polar surface area (TPSA) is 108 Å². The number of nitrogens with zero attached hydrogens (tertiary/aromatic N) is 1. The Morgan fingerprint density at radius 2 is 0.620 bits per heavy atom. The molecule has 0 aromatic heterocycles. The largest absolute Gasteiger partial charge is 0.477 e. The number of carbonyl (C=O) groups is 3. The van der Waals surface area contributed by atoms with Crippen molar-refractivity contribution in [1.29, 1.82) is 0 Å². The van der Waals surface area contributed by atoms with Gasteiger partial charge in [-0.1, -0.05) is 376 Å². The molecule has 0 heterocycles. The molecule has 0 rings (SSSR count). The molecule has 0 aliphatic carbocycles. The zero-order valence-corrected chi connectivity index (χ0v) is 61.5. The van der Waals surface area contributed by atoms with Crippen LogP contribution in [-0.4, -0.2) is 87.4 Å². The predicted molar refractivity (Wildman–Crippen MR) is 396 cm³/mol. The molecule has 0 radical (unpaired) electrons. The first-order valence-corrected chi connectivity index (χ1v) is 39.6. The Balaban J connectivity index is 3.99. The lowest BCUT2D eigenvalue weighted by atomic mass is 10.0. The van der Waals surface area contributed by atoms with Gasteiger partial charge in [0.25, 0.3) is 6.29 Å². The van der Waals surface area contributed by atoms with Gasteiger partial charge in [-0.3, -0.25) is 9.59 Å². The summed E-state index contributed by atoms with van der Waals surface area (Å²) in [7, 11) is 5.99. The lowest BCUT2D eigenvalue weighted by Crippen LogP contribution is -2.40. The third-order valence-electron chi connectivity index (χ3n) is 17.7. The number of unbranched alkanes of at least 4 members (excludes halogenated alkanes) is 47. The van der Waals surface area contributed by atoms with E-state index in [4.69, 9.17) is 18.9 Å². The van der Waals surface area contributed by atoms with Gasteiger partial charge < -0.3 is 28.5 Å². The second-order valence-corrected chi connectivity index (χ2v) is 28.0. The van der Waals surface area contributed by atoms with Crippen LogP contribution >= 0.6 is 0 Å². The van der Waals surface area contributed by atoms with E-state index in [1.165, 1.54) is 263 Å². The quantitative estimate of drug-likeness (QED) is 0.0211. The molecule has 0 aromatic carbocycles. The zero-order valence-electron chi connectivity index (χ0n) is 61.5. The van der Waals surface area contributed by atoms with Gasteiger partial charge in [-0.2, -0.15) is 0 Å². The Labute approximate surface area is 570 Å². The summed E-state index contributed by atoms with van der Waals surface area (Å²) in [5.41, 5.74) is 0. The minimum absolute atomic E-state index is 0.183. The number of hydrogen-bond acceptors (Lipinski definition) is 7. The monoisotopic (exact) mass is 1290 g/mol. The fourth-order valence-corrected chi connectivity index (χ4v) is 11.7. The van der Waals surface area contributed by atoms with Crippen molar-refractivity contribution in [1.82, 2.24) is 0 Å². The van der Waals surface area contributed by atoms with Gasteiger partial charge in [0.15, 0.2) is 6.10 Å². The highest BCUT2D eigenvalue weighted by Gasteiger charge is 2.25. The fourth-order valence-electron chi connectivity index (χ4n) is 11.7. The molecule has 0 aliphatic heterocycles. The van der Waals surface area contributed by atoms with Crippen LogP contribution in [0, 0.1) is 0 Å². The van der Waals surface area contributed by atoms with E-state index < -0.39 is 24.3 Å². The highest BCUT2D eigenvalue weighted by molar-refractivity contribution is 5.71. The molecular formula is C83H152NO8+. The van der Waals surface area contributed by atoms with Crippen LogP contribution in [0.1, 0.15) is 380 Å². The van der Waals surface area contributed by atoms with Gasteiger partial charge in [-0.15, -0.1) is 0 Å². The van der Waals surface area contributed by atoms with Crippen LogP contribution < -0.4 is 0 Å². The minimum Gasteiger partial charge on any atom is -0.477 e. The summed E-state index contributed by atoms with van der Waals surface area (Å²) < 4.78 is 23.0. The van der Waals surface area contributed by atoms with Crippen molar-refractivity contribution in [3.63, 3.8) is 0 Å². The molecule has 9 nitrogen and oxygen atoms in total. The van der Waals surface area contributed by atoms with E-state index in [9.17, 15) is 19.5 Å². The van der Waals surface area contributed by atoms with Crippen LogP contribution in [0.25, 0.3) is 0 Å². The lowest BCUT2D eigenvalue weighted by Gasteiger charge is -2.25. The lowest BCUT2D eigenvalue weighted by molar-refractivity contribution is -0.870. The predicted octanol–water partition coefficient (Wildman–Crippen LogP) is 25.2. The molecule has 1 N–H and O–H groups in total. The first-order valence-electron chi connectivity index (χ1n) is 39.6. The van der Waals surface area contributed by atoms with Crippen molar-refractivity contribution in [2.75, 3.05) is 47.5 Å². The molecule has 0 saturated carbocycles. The van der Waals surface area contributed by atoms with Gasteiger partial charge in [0.2, 0.25) is 0 Å². The van der Waals surface area contributed by atoms with E-state index in [1.54, 1.807) is 0 Å². The maximum atomic E-state index is 13.0. The summed E-state index contributed by atoms with van der Waals surface area (Å²) in [6.07, 6.45) is 96.3. The van der Waals surface area contributed by atoms with E-state index in [-0.39, 0.29) is 32.2 Å². The molecule has 0 amide bonds. The van der Waals surface area contributed by atoms with E-state index >= 15 is 0 Å². The number of esters is 2. The molecule has 536 valence electrons. The van der Waals surface area contributed by atoms with Crippen molar-refractivity contribution < 1.29 is 42.9 Å². The van der Waals surface area contributed by atoms with Crippen molar-refractivity contribution in [2.24, 2.45) is 0 Å². The van der Waals surface area contributed by atoms with Gasteiger partial charge in [0, 0.05) is 12.8 Å². The second-order valence-electron chi connectivity index (χ2n) is 28.0. The number of quaternary nitrogens is 1. The molecule has 9 heteroatoms. The number of carboxylic acids is 1. The van der Waals surface area contributed by atoms with Crippen molar-refractivity contribution >= 4 is 17.9 Å². The fraction of sp³-hybridized carbons (Fsp3) is 0.819. The summed E-state index contributed by atoms with van der Waals surface area (Å²) in [6, 6.07) is 0. The number of carbonyl (C=O) groups excluding carboxylic acids is 2. The smallest absolute Gasteiger partial charge is 0.361 e. The Morgan fingerprint density at radius 1 is 0.337 bits per heavy atom. The Bertz CT molecular complexity index is 1740. The molecule has 0 bridgehead atoms. The van der Waals surface area contributed by atoms with Crippen LogP contribution in [0.2, 0.25) is 0 Å². The Hall–Kier alpha value is -3.27. The maximum absolute atomic E-state index is 13.0. The van der Waals surface area contributed by atoms with Gasteiger partial charge in [0.05, 0.1) is 34.4 Å². The minimum atomic E-state index is -1.51. The zero-order chi connectivity index (χ0) is 66.8. The van der Waals surface area contributed by atoms with Gasteiger partial charge in [0.1, 0.15) is 13.2 Å². The van der Waals surface area contributed by atoms with Crippen LogP contribution in [0.15, 0.2) is 72.9 Å². The van der Waals surface area contributed by atoms with Crippen LogP contribution in [0.5, 0.6) is 0 Å². The first kappa shape index (κ1) is 88.7. The summed E-state index contributed by atoms with van der Waals surface area (Å²) in [5.74, 6) is -1.99. The SMILES string of the molecule is CC/C=C\C/C=C\C/C=C\C/C=C\C/C=C\C/C=C\CCCCCCCCCCCCC(=O)OC(COC(=O)CCCCCCCCCCCCCCCCCCCCCCCCCCCCCCCCCCCCCCCC)COC(OCC[N+](C)(C)C)C(=O)O. The van der Waals surface area contributed by atoms with Crippen molar-refractivity contribution in [3.05, 3.63) is 72.9 Å². The summed E-state index contributed by atoms with van der Waals surface area (Å²) in [6.45, 7) is 4.81. The average molecular weight is 1290 g/mol. The number of likely N-dealkylation sites (N-methyl/N-ethyl adjacent to an activating group) is 1. The number of allylic oxidation sites excluding steroid dienone is 12. The first-order chi connectivity index (χ1) is 45.1. The molecule has 92 heavy (non-hydrogen) atoms. The summed E-state index contributed by atoms with van der Waals surface area (Å²) >= 11 is 0. The van der Waals surface area contributed by atoms with Crippen molar-refractivity contribution in [2.45, 2.75) is 392 Å². The van der Waals surface area contributed by atoms with Crippen LogP contribution in [0.4, 0.5) is 0 Å². The standard InChI is InChI=1S/C83H151NO8/c1-6-8-10-12-14-16-18-20-22-24-26-28-30-32-34-36-37-38-39-40-41-42-43-44-46-47-49-51-53-55-57-59-61-63-65-67-69-71-73-80(85)90-77-79(78-91-83(82(87)88)89-76-75-84(3,4)5)92-81(86)74-72-70-68-66-64-62-60-58-56-54-52-50-48-45-35-33-31-29-27-25-23-21-19-17-15-13-11-9-7-2/h9,11,15,17,21,23,27,29,33,35,48,50,79,83H,6-8,10,12-14,16,18-20,22,24-26,28,30-32,34,36-47,49,51-78H2,1-5H3/p+1/b11-9-,17-15-,23-21-,29-27-,35-33-,50-48-. The van der Waals surface area contributed by atoms with Gasteiger partial charge in [-0.05, 0) is 64.2 Å². The molecule has 0 spiro atoms. The van der Waals surface area contributed by atoms with Gasteiger partial charge in [-0.25, -0.2) is 4.79 Å². The molecule has 2 atom stereocenters. The third-order valence-corrected chi connectivity index (χ3v) is 17.7. The number of hydrogen-bond donors (Lipinski definition) is 1. The number of rotatable bonds is 74. The van der Waals surface area contributed by atoms with Crippen molar-refractivity contribution in [3.8, 4) is 0 Å². The second kappa shape index (κ2) is 73.5. The summed E-state index contributed by atoms with van der Waals surface area (Å²) in [4.78, 5) is 37.7. The normalized spacial score (nSPS) is 13.0. The molecule has 0 aromatic rings. The molecular weight excluding hydrogens is 1140 g/mol. The maximum Gasteiger partial charge on any atom is 0.361 e. The third kappa shape index (κ3) is 74.1. The number of aliphatic carboxylic acids is 1. The van der Waals surface area contributed by atoms with E-state index in [0.29, 0.717) is 23.9 Å². The molecule has 2 unspecified atom stereocenters. The van der Waals surface area contributed by atoms with E-state index in [1.807, 2.05) is 21.1 Å². The van der Waals surface area contributed by atoms with E-state index in [0.717, 1.165) is 83.5 Å². The molecule has 0 fully saturated rings. The highest BCUT2D eigenvalue weighted by atomic mass is 16.7. The van der Waals surface area contributed by atoms with Gasteiger partial charge >= 0.3 is 17.9 Å². The summed E-state index contributed by atoms with van der Waals surface area (Å²) in [5, 5.41) is 9.77. The average Bonchev–Trinajstić information content (AvgIpc) is 3.75. The number of carboxylic acid groups (broad SMARTS) is 1. The Kier molecular flexibility index (Phi) is 70.9. The molecule has 0 aliphatic rings.